The van der Waals surface area contributed by atoms with Crippen LogP contribution in [0.15, 0.2) is 24.3 Å². The van der Waals surface area contributed by atoms with E-state index in [1.54, 1.807) is 24.3 Å². The number of carbonyl (C=O) groups excluding carboxylic acids is 2. The van der Waals surface area contributed by atoms with Crippen molar-refractivity contribution in [2.45, 2.75) is 26.3 Å². The Hall–Kier alpha value is -2.12. The minimum absolute atomic E-state index is 0.101. The molecule has 1 aromatic rings. The van der Waals surface area contributed by atoms with Crippen LogP contribution in [-0.2, 0) is 4.74 Å². The maximum absolute atomic E-state index is 12.0. The van der Waals surface area contributed by atoms with E-state index in [0.717, 1.165) is 39.3 Å². The van der Waals surface area contributed by atoms with E-state index in [1.807, 2.05) is 13.8 Å². The van der Waals surface area contributed by atoms with Gasteiger partial charge < -0.3 is 20.7 Å². The number of benzene rings is 1. The molecule has 0 aliphatic carbocycles. The van der Waals surface area contributed by atoms with Gasteiger partial charge in [0.2, 0.25) is 0 Å². The summed E-state index contributed by atoms with van der Waals surface area (Å²) in [6, 6.07) is 6.77. The van der Waals surface area contributed by atoms with Crippen LogP contribution in [0.3, 0.4) is 0 Å². The predicted octanol–water partition coefficient (Wildman–Crippen LogP) is 1.67. The number of hydrogen-bond acceptors (Lipinski definition) is 4. The van der Waals surface area contributed by atoms with Crippen molar-refractivity contribution in [3.8, 4) is 0 Å². The predicted molar refractivity (Wildman–Crippen MR) is 97.9 cm³/mol. The third-order valence-electron chi connectivity index (χ3n) is 4.21. The Labute approximate surface area is 149 Å². The van der Waals surface area contributed by atoms with E-state index in [1.165, 1.54) is 0 Å². The van der Waals surface area contributed by atoms with Gasteiger partial charge in [0, 0.05) is 43.5 Å². The highest BCUT2D eigenvalue weighted by molar-refractivity contribution is 5.95. The Morgan fingerprint density at radius 2 is 1.88 bits per heavy atom. The maximum Gasteiger partial charge on any atom is 0.319 e. The number of nitrogens with zero attached hydrogens (tertiary/aromatic N) is 1. The van der Waals surface area contributed by atoms with Gasteiger partial charge in [-0.25, -0.2) is 4.79 Å². The lowest BCUT2D eigenvalue weighted by Crippen LogP contribution is -2.42. The average Bonchev–Trinajstić information content (AvgIpc) is 2.63. The van der Waals surface area contributed by atoms with Gasteiger partial charge in [-0.05, 0) is 37.6 Å². The molecule has 0 radical (unpaired) electrons. The molecule has 0 bridgehead atoms. The van der Waals surface area contributed by atoms with Gasteiger partial charge in [-0.3, -0.25) is 9.69 Å². The number of anilines is 1. The third kappa shape index (κ3) is 6.72. The van der Waals surface area contributed by atoms with Crippen LogP contribution in [-0.4, -0.2) is 62.3 Å². The van der Waals surface area contributed by atoms with Crippen LogP contribution in [0, 0.1) is 0 Å². The number of morpholine rings is 1. The van der Waals surface area contributed by atoms with E-state index in [-0.39, 0.29) is 18.0 Å². The fourth-order valence-electron chi connectivity index (χ4n) is 2.44. The van der Waals surface area contributed by atoms with Crippen molar-refractivity contribution in [3.63, 3.8) is 0 Å². The summed E-state index contributed by atoms with van der Waals surface area (Å²) in [5.74, 6) is -0.101. The van der Waals surface area contributed by atoms with Gasteiger partial charge in [0.1, 0.15) is 0 Å². The van der Waals surface area contributed by atoms with Crippen LogP contribution in [0.25, 0.3) is 0 Å². The number of carbonyl (C=O) groups is 2. The van der Waals surface area contributed by atoms with Crippen LogP contribution < -0.4 is 16.0 Å². The molecule has 1 unspecified atom stereocenters. The largest absolute Gasteiger partial charge is 0.379 e. The molecule has 7 heteroatoms. The molecule has 2 rings (SSSR count). The zero-order valence-electron chi connectivity index (χ0n) is 15.0. The summed E-state index contributed by atoms with van der Waals surface area (Å²) in [6.45, 7) is 8.71. The molecule has 1 atom stereocenters. The van der Waals surface area contributed by atoms with E-state index < -0.39 is 0 Å². The molecule has 1 heterocycles. The zero-order chi connectivity index (χ0) is 18.1. The van der Waals surface area contributed by atoms with Crippen molar-refractivity contribution in [1.29, 1.82) is 0 Å². The van der Waals surface area contributed by atoms with E-state index in [4.69, 9.17) is 4.74 Å². The lowest BCUT2D eigenvalue weighted by molar-refractivity contribution is 0.0388. The molecule has 1 fully saturated rings. The Bertz CT molecular complexity index is 556. The van der Waals surface area contributed by atoms with Gasteiger partial charge in [0.25, 0.3) is 5.91 Å². The topological polar surface area (TPSA) is 82.7 Å². The molecule has 1 aromatic carbocycles. The molecule has 138 valence electrons. The number of hydrogen-bond donors (Lipinski definition) is 3. The second kappa shape index (κ2) is 10.0. The van der Waals surface area contributed by atoms with Gasteiger partial charge >= 0.3 is 6.03 Å². The first-order valence-electron chi connectivity index (χ1n) is 8.84. The zero-order valence-corrected chi connectivity index (χ0v) is 15.0. The second-order valence-electron chi connectivity index (χ2n) is 6.20. The van der Waals surface area contributed by atoms with Crippen molar-refractivity contribution in [2.24, 2.45) is 0 Å². The summed E-state index contributed by atoms with van der Waals surface area (Å²) in [6.07, 6.45) is 0.885. The molecule has 7 nitrogen and oxygen atoms in total. The number of ether oxygens (including phenoxy) is 1. The smallest absolute Gasteiger partial charge is 0.319 e. The summed E-state index contributed by atoms with van der Waals surface area (Å²) >= 11 is 0. The summed E-state index contributed by atoms with van der Waals surface area (Å²) in [5.41, 5.74) is 1.24. The quantitative estimate of drug-likeness (QED) is 0.700. The highest BCUT2D eigenvalue weighted by Gasteiger charge is 2.11. The lowest BCUT2D eigenvalue weighted by atomic mass is 10.1. The Morgan fingerprint density at radius 1 is 1.20 bits per heavy atom. The van der Waals surface area contributed by atoms with Gasteiger partial charge in [-0.15, -0.1) is 0 Å². The monoisotopic (exact) mass is 348 g/mol. The van der Waals surface area contributed by atoms with Crippen molar-refractivity contribution >= 4 is 17.6 Å². The first-order chi connectivity index (χ1) is 12.1. The fraction of sp³-hybridized carbons (Fsp3) is 0.556. The Balaban J connectivity index is 1.72. The van der Waals surface area contributed by atoms with Gasteiger partial charge in [-0.1, -0.05) is 6.92 Å². The number of amides is 3. The van der Waals surface area contributed by atoms with Crippen molar-refractivity contribution < 1.29 is 14.3 Å². The normalized spacial score (nSPS) is 16.1. The van der Waals surface area contributed by atoms with Crippen LogP contribution >= 0.6 is 0 Å². The van der Waals surface area contributed by atoms with E-state index >= 15 is 0 Å². The first kappa shape index (κ1) is 19.2. The molecule has 1 saturated heterocycles. The minimum Gasteiger partial charge on any atom is -0.379 e. The minimum atomic E-state index is -0.245. The van der Waals surface area contributed by atoms with E-state index in [0.29, 0.717) is 17.8 Å². The highest BCUT2D eigenvalue weighted by atomic mass is 16.5. The molecule has 0 spiro atoms. The standard InChI is InChI=1S/C18H28N4O3/c1-3-14(2)20-17(23)15-4-6-16(7-5-15)21-18(24)19-8-9-22-10-12-25-13-11-22/h4-7,14H,3,8-13H2,1-2H3,(H,20,23)(H2,19,21,24). The molecule has 25 heavy (non-hydrogen) atoms. The molecule has 0 aromatic heterocycles. The van der Waals surface area contributed by atoms with Gasteiger partial charge in [-0.2, -0.15) is 0 Å². The second-order valence-corrected chi connectivity index (χ2v) is 6.20. The lowest BCUT2D eigenvalue weighted by Gasteiger charge is -2.26. The SMILES string of the molecule is CCC(C)NC(=O)c1ccc(NC(=O)NCCN2CCOCC2)cc1. The van der Waals surface area contributed by atoms with Gasteiger partial charge in [0.05, 0.1) is 13.2 Å². The summed E-state index contributed by atoms with van der Waals surface area (Å²) in [5, 5.41) is 8.52. The number of nitrogens with one attached hydrogen (secondary N) is 3. The van der Waals surface area contributed by atoms with Crippen molar-refractivity contribution in [1.82, 2.24) is 15.5 Å². The Morgan fingerprint density at radius 3 is 2.52 bits per heavy atom. The first-order valence-corrected chi connectivity index (χ1v) is 8.84. The molecule has 3 amide bonds. The van der Waals surface area contributed by atoms with E-state index in [2.05, 4.69) is 20.9 Å². The molecule has 3 N–H and O–H groups in total. The number of urea groups is 1. The average molecular weight is 348 g/mol. The maximum atomic E-state index is 12.0. The Kier molecular flexibility index (Phi) is 7.69. The van der Waals surface area contributed by atoms with Crippen molar-refractivity contribution in [2.75, 3.05) is 44.7 Å². The third-order valence-corrected chi connectivity index (χ3v) is 4.21. The summed E-state index contributed by atoms with van der Waals surface area (Å²) in [7, 11) is 0. The van der Waals surface area contributed by atoms with E-state index in [9.17, 15) is 9.59 Å². The van der Waals surface area contributed by atoms with Gasteiger partial charge in [0.15, 0.2) is 0 Å². The number of rotatable bonds is 7. The van der Waals surface area contributed by atoms with Crippen LogP contribution in [0.2, 0.25) is 0 Å². The van der Waals surface area contributed by atoms with Crippen LogP contribution in [0.1, 0.15) is 30.6 Å². The van der Waals surface area contributed by atoms with Crippen molar-refractivity contribution in [3.05, 3.63) is 29.8 Å². The molecule has 1 aliphatic heterocycles. The molecular weight excluding hydrogens is 320 g/mol. The fourth-order valence-corrected chi connectivity index (χ4v) is 2.44. The summed E-state index contributed by atoms with van der Waals surface area (Å²) in [4.78, 5) is 26.2. The molecule has 0 saturated carbocycles. The van der Waals surface area contributed by atoms with Crippen LogP contribution in [0.5, 0.6) is 0 Å². The molecular formula is C18H28N4O3. The molecule has 1 aliphatic rings. The highest BCUT2D eigenvalue weighted by Crippen LogP contribution is 2.10. The summed E-state index contributed by atoms with van der Waals surface area (Å²) < 4.78 is 5.29. The van der Waals surface area contributed by atoms with Crippen LogP contribution in [0.4, 0.5) is 10.5 Å².